The summed E-state index contributed by atoms with van der Waals surface area (Å²) in [5.74, 6) is -2.33. The number of aromatic nitrogens is 4. The molecule has 0 N–H and O–H groups in total. The first-order valence-electron chi connectivity index (χ1n) is 10.0. The highest BCUT2D eigenvalue weighted by Crippen LogP contribution is 2.34. The zero-order chi connectivity index (χ0) is 23.9. The number of carbonyl (C=O) groups excluding carboxylic acids is 1. The molecule has 0 amide bonds. The highest BCUT2D eigenvalue weighted by Gasteiger charge is 2.43. The van der Waals surface area contributed by atoms with E-state index in [1.165, 1.54) is 23.6 Å². The number of hydroxylamine groups is 1. The van der Waals surface area contributed by atoms with Gasteiger partial charge in [0.1, 0.15) is 0 Å². The standard InChI is InChI=1S/C23H16F3N5O2S/c1-30-7-4-14-2-3-15(8-20(14)30)18-9-17(10-19-21(18)28-6-5-27-19)31(11-16-12-34-13-29-16)33-22(32)23(24,25)26/h2-10,12-13H,11H2,1H3. The Kier molecular flexibility index (Phi) is 5.40. The number of anilines is 1. The summed E-state index contributed by atoms with van der Waals surface area (Å²) in [5, 5.41) is 3.59. The summed E-state index contributed by atoms with van der Waals surface area (Å²) in [6, 6.07) is 11.0. The second-order valence-corrected chi connectivity index (χ2v) is 8.23. The number of rotatable bonds is 5. The first-order valence-corrected chi connectivity index (χ1v) is 11.0. The fourth-order valence-corrected chi connectivity index (χ4v) is 4.19. The minimum Gasteiger partial charge on any atom is -0.351 e. The lowest BCUT2D eigenvalue weighted by atomic mass is 10.0. The Balaban J connectivity index is 1.66. The number of fused-ring (bicyclic) bond motifs is 2. The van der Waals surface area contributed by atoms with Gasteiger partial charge in [-0.2, -0.15) is 18.2 Å². The normalized spacial score (nSPS) is 11.8. The van der Waals surface area contributed by atoms with Crippen molar-refractivity contribution in [3.05, 3.63) is 71.6 Å². The number of nitrogens with zero attached hydrogens (tertiary/aromatic N) is 5. The second kappa shape index (κ2) is 8.41. The van der Waals surface area contributed by atoms with Crippen LogP contribution in [0.25, 0.3) is 33.1 Å². The van der Waals surface area contributed by atoms with Gasteiger partial charge in [0, 0.05) is 42.1 Å². The summed E-state index contributed by atoms with van der Waals surface area (Å²) in [5.41, 5.74) is 5.61. The van der Waals surface area contributed by atoms with E-state index >= 15 is 0 Å². The molecule has 3 aromatic heterocycles. The molecule has 2 aromatic carbocycles. The third kappa shape index (κ3) is 4.17. The van der Waals surface area contributed by atoms with Gasteiger partial charge in [0.2, 0.25) is 0 Å². The molecule has 0 saturated carbocycles. The molecular formula is C23H16F3N5O2S. The third-order valence-corrected chi connectivity index (χ3v) is 5.89. The van der Waals surface area contributed by atoms with Crippen molar-refractivity contribution in [3.8, 4) is 11.1 Å². The van der Waals surface area contributed by atoms with E-state index in [1.807, 2.05) is 42.1 Å². The van der Waals surface area contributed by atoms with Gasteiger partial charge in [0.15, 0.2) is 0 Å². The first-order chi connectivity index (χ1) is 16.3. The molecule has 0 atom stereocenters. The predicted octanol–water partition coefficient (Wildman–Crippen LogP) is 5.27. The van der Waals surface area contributed by atoms with Crippen molar-refractivity contribution in [2.75, 3.05) is 5.06 Å². The summed E-state index contributed by atoms with van der Waals surface area (Å²) in [6.45, 7) is -0.173. The molecule has 3 heterocycles. The van der Waals surface area contributed by atoms with E-state index in [4.69, 9.17) is 4.84 Å². The number of hydrogen-bond donors (Lipinski definition) is 0. The van der Waals surface area contributed by atoms with Gasteiger partial charge in [-0.15, -0.1) is 11.3 Å². The Morgan fingerprint density at radius 3 is 2.71 bits per heavy atom. The lowest BCUT2D eigenvalue weighted by molar-refractivity contribution is -0.201. The third-order valence-electron chi connectivity index (χ3n) is 5.26. The van der Waals surface area contributed by atoms with E-state index in [9.17, 15) is 18.0 Å². The molecule has 0 bridgehead atoms. The lowest BCUT2D eigenvalue weighted by Gasteiger charge is -2.24. The van der Waals surface area contributed by atoms with E-state index in [0.717, 1.165) is 21.5 Å². The molecule has 5 aromatic rings. The quantitative estimate of drug-likeness (QED) is 0.317. The van der Waals surface area contributed by atoms with Crippen LogP contribution in [0.2, 0.25) is 0 Å². The Morgan fingerprint density at radius 1 is 1.12 bits per heavy atom. The number of hydrogen-bond acceptors (Lipinski definition) is 7. The van der Waals surface area contributed by atoms with Gasteiger partial charge in [-0.3, -0.25) is 9.97 Å². The summed E-state index contributed by atoms with van der Waals surface area (Å²) in [6.07, 6.45) is -0.182. The molecule has 172 valence electrons. The molecule has 0 radical (unpaired) electrons. The fourth-order valence-electron chi connectivity index (χ4n) is 3.64. The Hall–Kier alpha value is -3.99. The van der Waals surface area contributed by atoms with E-state index in [-0.39, 0.29) is 12.2 Å². The number of benzene rings is 2. The average molecular weight is 483 g/mol. The molecule has 0 aliphatic heterocycles. The smallest absolute Gasteiger partial charge is 0.351 e. The molecule has 0 aliphatic rings. The van der Waals surface area contributed by atoms with Crippen LogP contribution in [0.15, 0.2) is 65.9 Å². The first kappa shape index (κ1) is 21.8. The molecule has 0 fully saturated rings. The minimum absolute atomic E-state index is 0.173. The van der Waals surface area contributed by atoms with Gasteiger partial charge >= 0.3 is 12.1 Å². The Bertz CT molecular complexity index is 1500. The van der Waals surface area contributed by atoms with Crippen LogP contribution in [-0.2, 0) is 23.2 Å². The van der Waals surface area contributed by atoms with Crippen molar-refractivity contribution >= 4 is 44.9 Å². The monoisotopic (exact) mass is 483 g/mol. The highest BCUT2D eigenvalue weighted by molar-refractivity contribution is 7.07. The number of halogens is 3. The van der Waals surface area contributed by atoms with Crippen LogP contribution >= 0.6 is 11.3 Å². The van der Waals surface area contributed by atoms with Gasteiger partial charge in [0.05, 0.1) is 34.5 Å². The van der Waals surface area contributed by atoms with Crippen LogP contribution in [0, 0.1) is 0 Å². The number of carbonyl (C=O) groups is 1. The number of aryl methyl sites for hydroxylation is 1. The molecular weight excluding hydrogens is 467 g/mol. The highest BCUT2D eigenvalue weighted by atomic mass is 32.1. The van der Waals surface area contributed by atoms with Gasteiger partial charge in [0.25, 0.3) is 0 Å². The number of thiazole rings is 1. The van der Waals surface area contributed by atoms with E-state index in [2.05, 4.69) is 15.0 Å². The molecule has 0 spiro atoms. The van der Waals surface area contributed by atoms with Gasteiger partial charge < -0.3 is 9.40 Å². The summed E-state index contributed by atoms with van der Waals surface area (Å²) in [7, 11) is 1.92. The maximum atomic E-state index is 13.0. The van der Waals surface area contributed by atoms with Crippen LogP contribution in [0.5, 0.6) is 0 Å². The minimum atomic E-state index is -5.16. The summed E-state index contributed by atoms with van der Waals surface area (Å²) in [4.78, 5) is 29.4. The van der Waals surface area contributed by atoms with Gasteiger partial charge in [-0.1, -0.05) is 12.1 Å². The van der Waals surface area contributed by atoms with E-state index in [0.29, 0.717) is 22.3 Å². The predicted molar refractivity (Wildman–Crippen MR) is 122 cm³/mol. The Labute approximate surface area is 195 Å². The fraction of sp³-hybridized carbons (Fsp3) is 0.130. The van der Waals surface area contributed by atoms with Crippen molar-refractivity contribution < 1.29 is 22.8 Å². The van der Waals surface area contributed by atoms with Crippen molar-refractivity contribution in [2.24, 2.45) is 7.05 Å². The number of alkyl halides is 3. The van der Waals surface area contributed by atoms with Crippen molar-refractivity contribution in [2.45, 2.75) is 12.7 Å². The van der Waals surface area contributed by atoms with Crippen LogP contribution < -0.4 is 5.06 Å². The molecule has 7 nitrogen and oxygen atoms in total. The largest absolute Gasteiger partial charge is 0.493 e. The molecule has 0 aliphatic carbocycles. The average Bonchev–Trinajstić information content (AvgIpc) is 3.47. The SMILES string of the molecule is Cn1ccc2ccc(-c3cc(N(Cc4cscn4)OC(=O)C(F)(F)F)cc4nccnc34)cc21. The van der Waals surface area contributed by atoms with E-state index in [1.54, 1.807) is 23.2 Å². The topological polar surface area (TPSA) is 73.1 Å². The van der Waals surface area contributed by atoms with Crippen molar-refractivity contribution in [1.29, 1.82) is 0 Å². The van der Waals surface area contributed by atoms with Crippen LogP contribution in [0.3, 0.4) is 0 Å². The maximum absolute atomic E-state index is 13.0. The zero-order valence-corrected chi connectivity index (χ0v) is 18.5. The zero-order valence-electron chi connectivity index (χ0n) is 17.7. The van der Waals surface area contributed by atoms with E-state index < -0.39 is 12.1 Å². The molecule has 5 rings (SSSR count). The van der Waals surface area contributed by atoms with Crippen molar-refractivity contribution in [3.63, 3.8) is 0 Å². The van der Waals surface area contributed by atoms with Crippen LogP contribution in [0.1, 0.15) is 5.69 Å². The van der Waals surface area contributed by atoms with Gasteiger partial charge in [-0.25, -0.2) is 9.78 Å². The molecule has 11 heteroatoms. The Morgan fingerprint density at radius 2 is 1.94 bits per heavy atom. The second-order valence-electron chi connectivity index (χ2n) is 7.51. The van der Waals surface area contributed by atoms with Crippen LogP contribution in [0.4, 0.5) is 18.9 Å². The van der Waals surface area contributed by atoms with Crippen molar-refractivity contribution in [1.82, 2.24) is 19.5 Å². The maximum Gasteiger partial charge on any atom is 0.493 e. The summed E-state index contributed by atoms with van der Waals surface area (Å²) < 4.78 is 41.0. The lowest BCUT2D eigenvalue weighted by Crippen LogP contribution is -2.34. The molecule has 34 heavy (non-hydrogen) atoms. The molecule has 0 saturated heterocycles. The van der Waals surface area contributed by atoms with Crippen LogP contribution in [-0.4, -0.2) is 31.7 Å². The summed E-state index contributed by atoms with van der Waals surface area (Å²) >= 11 is 1.28. The molecule has 0 unspecified atom stereocenters. The van der Waals surface area contributed by atoms with Gasteiger partial charge in [-0.05, 0) is 35.2 Å².